The van der Waals surface area contributed by atoms with Crippen LogP contribution in [0.5, 0.6) is 0 Å². The largest absolute Gasteiger partial charge is 0.481 e. The molecule has 0 aliphatic heterocycles. The smallest absolute Gasteiger partial charge is 0.387 e. The lowest BCUT2D eigenvalue weighted by Gasteiger charge is -2.38. The van der Waals surface area contributed by atoms with Crippen LogP contribution in [-0.4, -0.2) is 29.6 Å². The molecule has 26 heavy (non-hydrogen) atoms. The number of hydrogen-bond donors (Lipinski definition) is 1. The van der Waals surface area contributed by atoms with Crippen molar-refractivity contribution in [2.45, 2.75) is 39.7 Å². The summed E-state index contributed by atoms with van der Waals surface area (Å²) in [6.45, 7) is -1.15. The number of esters is 2. The Labute approximate surface area is 144 Å². The van der Waals surface area contributed by atoms with Crippen LogP contribution in [0, 0.1) is 11.3 Å². The molecule has 0 aromatic heterocycles. The van der Waals surface area contributed by atoms with Crippen molar-refractivity contribution < 1.29 is 50.9 Å². The zero-order chi connectivity index (χ0) is 20.2. The molecule has 6 nitrogen and oxygen atoms in total. The summed E-state index contributed by atoms with van der Waals surface area (Å²) in [7, 11) is 0. The van der Waals surface area contributed by atoms with Gasteiger partial charge in [0.2, 0.25) is 0 Å². The molecule has 0 saturated heterocycles. The van der Waals surface area contributed by atoms with Crippen molar-refractivity contribution in [1.82, 2.24) is 0 Å². The molecule has 1 N–H and O–H groups in total. The van der Waals surface area contributed by atoms with Crippen LogP contribution in [0.1, 0.15) is 33.1 Å². The van der Waals surface area contributed by atoms with Gasteiger partial charge in [0, 0.05) is 5.41 Å². The maximum absolute atomic E-state index is 14.6. The van der Waals surface area contributed by atoms with Crippen LogP contribution < -0.4 is 0 Å². The normalized spacial score (nSPS) is 19.6. The number of carboxylic acid groups (broad SMARTS) is 1. The van der Waals surface area contributed by atoms with Crippen LogP contribution in [0.3, 0.4) is 0 Å². The maximum Gasteiger partial charge on any atom is 0.387 e. The highest BCUT2D eigenvalue weighted by Gasteiger charge is 2.55. The van der Waals surface area contributed by atoms with Gasteiger partial charge < -0.3 is 14.6 Å². The number of carboxylic acids is 1. The van der Waals surface area contributed by atoms with E-state index in [-0.39, 0.29) is 12.8 Å². The van der Waals surface area contributed by atoms with Crippen molar-refractivity contribution in [1.29, 1.82) is 0 Å². The summed E-state index contributed by atoms with van der Waals surface area (Å²) < 4.78 is 75.7. The van der Waals surface area contributed by atoms with Gasteiger partial charge in [-0.15, -0.1) is 0 Å². The van der Waals surface area contributed by atoms with Crippen molar-refractivity contribution in [3.8, 4) is 0 Å². The van der Waals surface area contributed by atoms with Crippen molar-refractivity contribution in [2.75, 3.05) is 0 Å². The van der Waals surface area contributed by atoms with E-state index >= 15 is 0 Å². The number of halogens is 5. The summed E-state index contributed by atoms with van der Waals surface area (Å²) in [4.78, 5) is 33.9. The molecule has 0 radical (unpaired) electrons. The Hall–Kier alpha value is -2.46. The van der Waals surface area contributed by atoms with Crippen molar-refractivity contribution in [3.63, 3.8) is 0 Å². The third-order valence-electron chi connectivity index (χ3n) is 4.07. The molecule has 0 saturated carbocycles. The second kappa shape index (κ2) is 8.28. The Bertz CT molecular complexity index is 665. The van der Waals surface area contributed by atoms with Crippen molar-refractivity contribution in [3.05, 3.63) is 23.2 Å². The molecule has 1 aliphatic rings. The Kier molecular flexibility index (Phi) is 6.87. The number of carbonyl (C=O) groups excluding carboxylic acids is 2. The third-order valence-corrected chi connectivity index (χ3v) is 4.07. The fraction of sp³-hybridized carbons (Fsp3) is 0.533. The Morgan fingerprint density at radius 2 is 1.69 bits per heavy atom. The van der Waals surface area contributed by atoms with E-state index in [2.05, 4.69) is 9.47 Å². The fourth-order valence-corrected chi connectivity index (χ4v) is 2.75. The van der Waals surface area contributed by atoms with Crippen molar-refractivity contribution >= 4 is 17.9 Å². The topological polar surface area (TPSA) is 89.9 Å². The standard InChI is InChI=1S/C15H15F5O6/c1-3-15(4-2)8(13(24)25-7(23)5-6(21)22)9(16)11(26-14(19)20)10(17)12(15)18/h8,14H,3-5H2,1-2H3,(H,21,22). The molecule has 1 unspecified atom stereocenters. The van der Waals surface area contributed by atoms with Crippen LogP contribution in [0.15, 0.2) is 23.2 Å². The Morgan fingerprint density at radius 3 is 2.12 bits per heavy atom. The highest BCUT2D eigenvalue weighted by Crippen LogP contribution is 2.54. The summed E-state index contributed by atoms with van der Waals surface area (Å²) in [5, 5.41) is 8.46. The van der Waals surface area contributed by atoms with E-state index in [1.54, 1.807) is 0 Å². The number of hydrogen-bond acceptors (Lipinski definition) is 5. The molecular formula is C15H15F5O6. The molecule has 146 valence electrons. The molecule has 1 aliphatic carbocycles. The molecule has 0 aromatic carbocycles. The number of allylic oxidation sites excluding steroid dienone is 2. The van der Waals surface area contributed by atoms with E-state index in [9.17, 15) is 36.3 Å². The summed E-state index contributed by atoms with van der Waals surface area (Å²) in [6.07, 6.45) is -1.96. The first-order valence-electron chi connectivity index (χ1n) is 7.38. The second-order valence-corrected chi connectivity index (χ2v) is 5.34. The summed E-state index contributed by atoms with van der Waals surface area (Å²) in [5.41, 5.74) is -2.15. The minimum Gasteiger partial charge on any atom is -0.481 e. The number of ether oxygens (including phenoxy) is 2. The van der Waals surface area contributed by atoms with E-state index in [0.29, 0.717) is 0 Å². The molecule has 0 spiro atoms. The van der Waals surface area contributed by atoms with E-state index in [0.717, 1.165) is 0 Å². The SMILES string of the molecule is CCC1(CC)C(F)=C(F)C(OC(F)F)=C(F)C1C(=O)OC(=O)CC(=O)O. The lowest BCUT2D eigenvalue weighted by atomic mass is 9.67. The lowest BCUT2D eigenvalue weighted by Crippen LogP contribution is -2.41. The molecule has 0 fully saturated rings. The zero-order valence-electron chi connectivity index (χ0n) is 13.7. The van der Waals surface area contributed by atoms with Crippen LogP contribution in [0.2, 0.25) is 0 Å². The van der Waals surface area contributed by atoms with Crippen LogP contribution in [0.4, 0.5) is 22.0 Å². The molecule has 0 heterocycles. The molecule has 1 atom stereocenters. The van der Waals surface area contributed by atoms with Gasteiger partial charge in [-0.25, -0.2) is 8.78 Å². The minimum atomic E-state index is -3.71. The van der Waals surface area contributed by atoms with Crippen LogP contribution in [0.25, 0.3) is 0 Å². The highest BCUT2D eigenvalue weighted by atomic mass is 19.3. The van der Waals surface area contributed by atoms with Gasteiger partial charge >= 0.3 is 24.5 Å². The predicted molar refractivity (Wildman–Crippen MR) is 74.3 cm³/mol. The molecule has 0 amide bonds. The van der Waals surface area contributed by atoms with Gasteiger partial charge in [-0.05, 0) is 12.8 Å². The molecule has 1 rings (SSSR count). The maximum atomic E-state index is 14.6. The van der Waals surface area contributed by atoms with Gasteiger partial charge in [0.1, 0.15) is 18.2 Å². The molecule has 11 heteroatoms. The first-order valence-corrected chi connectivity index (χ1v) is 7.38. The van der Waals surface area contributed by atoms with Crippen molar-refractivity contribution in [2.24, 2.45) is 11.3 Å². The van der Waals surface area contributed by atoms with E-state index in [4.69, 9.17) is 5.11 Å². The third kappa shape index (κ3) is 4.02. The molecular weight excluding hydrogens is 371 g/mol. The molecule has 0 aromatic rings. The van der Waals surface area contributed by atoms with Gasteiger partial charge in [0.25, 0.3) is 0 Å². The number of aliphatic carboxylic acids is 1. The van der Waals surface area contributed by atoms with Gasteiger partial charge in [-0.1, -0.05) is 13.8 Å². The average molecular weight is 386 g/mol. The highest BCUT2D eigenvalue weighted by molar-refractivity contribution is 5.96. The van der Waals surface area contributed by atoms with Gasteiger partial charge in [-0.3, -0.25) is 14.4 Å². The summed E-state index contributed by atoms with van der Waals surface area (Å²) in [5.74, 6) is -14.7. The number of carbonyl (C=O) groups is 3. The lowest BCUT2D eigenvalue weighted by molar-refractivity contribution is -0.167. The predicted octanol–water partition coefficient (Wildman–Crippen LogP) is 3.54. The van der Waals surface area contributed by atoms with E-state index in [1.807, 2.05) is 0 Å². The number of alkyl halides is 2. The fourth-order valence-electron chi connectivity index (χ4n) is 2.75. The summed E-state index contributed by atoms with van der Waals surface area (Å²) in [6, 6.07) is 0. The minimum absolute atomic E-state index is 0.356. The van der Waals surface area contributed by atoms with Crippen LogP contribution >= 0.6 is 0 Å². The first-order chi connectivity index (χ1) is 12.0. The zero-order valence-corrected chi connectivity index (χ0v) is 13.7. The van der Waals surface area contributed by atoms with E-state index < -0.39 is 65.5 Å². The van der Waals surface area contributed by atoms with Gasteiger partial charge in [-0.2, -0.15) is 13.2 Å². The average Bonchev–Trinajstić information content (AvgIpc) is 2.53. The van der Waals surface area contributed by atoms with Crippen LogP contribution in [-0.2, 0) is 23.9 Å². The Balaban J connectivity index is 3.41. The monoisotopic (exact) mass is 386 g/mol. The second-order valence-electron chi connectivity index (χ2n) is 5.34. The van der Waals surface area contributed by atoms with E-state index in [1.165, 1.54) is 13.8 Å². The molecule has 0 bridgehead atoms. The van der Waals surface area contributed by atoms with Gasteiger partial charge in [0.05, 0.1) is 0 Å². The Morgan fingerprint density at radius 1 is 1.15 bits per heavy atom. The number of rotatable bonds is 7. The van der Waals surface area contributed by atoms with Gasteiger partial charge in [0.15, 0.2) is 17.4 Å². The summed E-state index contributed by atoms with van der Waals surface area (Å²) >= 11 is 0. The first kappa shape index (κ1) is 21.6. The quantitative estimate of drug-likeness (QED) is 0.409.